The summed E-state index contributed by atoms with van der Waals surface area (Å²) in [6.07, 6.45) is 3.95. The van der Waals surface area contributed by atoms with Gasteiger partial charge in [0.15, 0.2) is 17.5 Å². The van der Waals surface area contributed by atoms with E-state index in [1.807, 2.05) is 61.8 Å². The molecule has 1 aliphatic heterocycles. The molecule has 0 saturated carbocycles. The van der Waals surface area contributed by atoms with Crippen LogP contribution in [0.15, 0.2) is 77.9 Å². The molecule has 0 unspecified atom stereocenters. The maximum atomic E-state index is 5.95. The van der Waals surface area contributed by atoms with Gasteiger partial charge in [0.1, 0.15) is 11.6 Å². The van der Waals surface area contributed by atoms with Gasteiger partial charge in [0, 0.05) is 38.9 Å². The fourth-order valence-corrected chi connectivity index (χ4v) is 3.87. The molecule has 8 heteroatoms. The van der Waals surface area contributed by atoms with Crippen molar-refractivity contribution in [2.75, 3.05) is 32.1 Å². The van der Waals surface area contributed by atoms with Crippen LogP contribution in [0, 0.1) is 0 Å². The molecular weight excluding hydrogens is 541 g/mol. The molecule has 0 radical (unpaired) electrons. The number of para-hydroxylation sites is 2. The molecule has 2 heterocycles. The zero-order valence-corrected chi connectivity index (χ0v) is 21.9. The van der Waals surface area contributed by atoms with Crippen molar-refractivity contribution in [1.82, 2.24) is 15.6 Å². The summed E-state index contributed by atoms with van der Waals surface area (Å²) < 4.78 is 11.3. The zero-order chi connectivity index (χ0) is 22.9. The lowest BCUT2D eigenvalue weighted by Crippen LogP contribution is -2.48. The average molecular weight is 573 g/mol. The number of nitrogens with one attached hydrogen (secondary N) is 2. The number of rotatable bonds is 7. The van der Waals surface area contributed by atoms with E-state index < -0.39 is 0 Å². The minimum Gasteiger partial charge on any atom is -0.493 e. The third-order valence-electron chi connectivity index (χ3n) is 5.71. The number of benzene rings is 2. The van der Waals surface area contributed by atoms with Gasteiger partial charge >= 0.3 is 0 Å². The number of nitrogens with zero attached hydrogens (tertiary/aromatic N) is 3. The van der Waals surface area contributed by atoms with Gasteiger partial charge in [0.05, 0.1) is 7.11 Å². The normalized spacial score (nSPS) is 14.2. The van der Waals surface area contributed by atoms with E-state index in [1.54, 1.807) is 7.11 Å². The Morgan fingerprint density at radius 1 is 1.00 bits per heavy atom. The van der Waals surface area contributed by atoms with E-state index in [2.05, 4.69) is 43.7 Å². The average Bonchev–Trinajstić information content (AvgIpc) is 2.88. The molecule has 7 nitrogen and oxygen atoms in total. The van der Waals surface area contributed by atoms with Crippen LogP contribution < -0.4 is 25.0 Å². The fourth-order valence-electron chi connectivity index (χ4n) is 3.87. The molecule has 2 N–H and O–H groups in total. The van der Waals surface area contributed by atoms with E-state index in [0.29, 0.717) is 24.1 Å². The molecule has 2 aromatic carbocycles. The SMILES string of the molecule is CN=C(NCc1ccc(Oc2ccccc2OC)cc1)NC1CCN(c2ccccn2)CC1.I. The van der Waals surface area contributed by atoms with E-state index in [-0.39, 0.29) is 24.0 Å². The zero-order valence-electron chi connectivity index (χ0n) is 19.6. The maximum Gasteiger partial charge on any atom is 0.191 e. The summed E-state index contributed by atoms with van der Waals surface area (Å²) in [5, 5.41) is 6.97. The molecule has 0 atom stereocenters. The molecule has 0 amide bonds. The Labute approximate surface area is 218 Å². The summed E-state index contributed by atoms with van der Waals surface area (Å²) in [6, 6.07) is 22.1. The molecule has 0 spiro atoms. The quantitative estimate of drug-likeness (QED) is 0.240. The molecule has 1 fully saturated rings. The van der Waals surface area contributed by atoms with Crippen molar-refractivity contribution < 1.29 is 9.47 Å². The van der Waals surface area contributed by atoms with E-state index in [4.69, 9.17) is 9.47 Å². The van der Waals surface area contributed by atoms with Crippen LogP contribution in [0.1, 0.15) is 18.4 Å². The minimum absolute atomic E-state index is 0. The topological polar surface area (TPSA) is 71.0 Å². The van der Waals surface area contributed by atoms with Gasteiger partial charge in [-0.15, -0.1) is 24.0 Å². The molecule has 1 aromatic heterocycles. The molecule has 4 rings (SSSR count). The van der Waals surface area contributed by atoms with Crippen LogP contribution in [0.25, 0.3) is 0 Å². The third kappa shape index (κ3) is 6.99. The molecule has 0 aliphatic carbocycles. The van der Waals surface area contributed by atoms with Crippen LogP contribution in [0.2, 0.25) is 0 Å². The van der Waals surface area contributed by atoms with Crippen LogP contribution in [0.4, 0.5) is 5.82 Å². The van der Waals surface area contributed by atoms with Crippen LogP contribution in [0.3, 0.4) is 0 Å². The number of aliphatic imine (C=N–C) groups is 1. The molecule has 1 aliphatic rings. The van der Waals surface area contributed by atoms with Crippen molar-refractivity contribution in [1.29, 1.82) is 0 Å². The summed E-state index contributed by atoms with van der Waals surface area (Å²) in [6.45, 7) is 2.65. The lowest BCUT2D eigenvalue weighted by atomic mass is 10.1. The number of pyridine rings is 1. The molecule has 180 valence electrons. The first-order chi connectivity index (χ1) is 16.2. The summed E-state index contributed by atoms with van der Waals surface area (Å²) >= 11 is 0. The molecule has 34 heavy (non-hydrogen) atoms. The monoisotopic (exact) mass is 573 g/mol. The molecule has 0 bridgehead atoms. The molecule has 1 saturated heterocycles. The van der Waals surface area contributed by atoms with Crippen molar-refractivity contribution in [3.05, 3.63) is 78.5 Å². The Hall–Kier alpha value is -3.01. The maximum absolute atomic E-state index is 5.95. The lowest BCUT2D eigenvalue weighted by molar-refractivity contribution is 0.379. The number of aromatic nitrogens is 1. The lowest BCUT2D eigenvalue weighted by Gasteiger charge is -2.33. The van der Waals surface area contributed by atoms with Crippen molar-refractivity contribution in [2.45, 2.75) is 25.4 Å². The molecular formula is C26H32IN5O2. The fraction of sp³-hybridized carbons (Fsp3) is 0.308. The first kappa shape index (κ1) is 25.6. The predicted octanol–water partition coefficient (Wildman–Crippen LogP) is 4.83. The van der Waals surface area contributed by atoms with Gasteiger partial charge in [-0.3, -0.25) is 4.99 Å². The predicted molar refractivity (Wildman–Crippen MR) is 148 cm³/mol. The molecule has 3 aromatic rings. The highest BCUT2D eigenvalue weighted by Gasteiger charge is 2.20. The van der Waals surface area contributed by atoms with Gasteiger partial charge in [-0.1, -0.05) is 30.3 Å². The summed E-state index contributed by atoms with van der Waals surface area (Å²) in [5.74, 6) is 4.05. The second-order valence-corrected chi connectivity index (χ2v) is 7.92. The van der Waals surface area contributed by atoms with Gasteiger partial charge in [0.2, 0.25) is 0 Å². The van der Waals surface area contributed by atoms with Gasteiger partial charge in [-0.05, 0) is 54.8 Å². The van der Waals surface area contributed by atoms with Crippen molar-refractivity contribution in [3.8, 4) is 17.2 Å². The number of ether oxygens (including phenoxy) is 2. The largest absolute Gasteiger partial charge is 0.493 e. The van der Waals surface area contributed by atoms with E-state index in [0.717, 1.165) is 49.0 Å². The number of methoxy groups -OCH3 is 1. The highest BCUT2D eigenvalue weighted by atomic mass is 127. The van der Waals surface area contributed by atoms with E-state index in [9.17, 15) is 0 Å². The smallest absolute Gasteiger partial charge is 0.191 e. The Kier molecular flexibility index (Phi) is 9.81. The van der Waals surface area contributed by atoms with Gasteiger partial charge in [-0.2, -0.15) is 0 Å². The first-order valence-corrected chi connectivity index (χ1v) is 11.3. The van der Waals surface area contributed by atoms with Gasteiger partial charge in [0.25, 0.3) is 0 Å². The third-order valence-corrected chi connectivity index (χ3v) is 5.71. The Morgan fingerprint density at radius 2 is 1.71 bits per heavy atom. The second kappa shape index (κ2) is 13.0. The van der Waals surface area contributed by atoms with Crippen molar-refractivity contribution in [2.24, 2.45) is 4.99 Å². The Morgan fingerprint density at radius 3 is 2.35 bits per heavy atom. The first-order valence-electron chi connectivity index (χ1n) is 11.3. The standard InChI is InChI=1S/C26H31N5O2.HI/c1-27-26(30-21-14-17-31(18-15-21)25-9-5-6-16-28-25)29-19-20-10-12-22(13-11-20)33-24-8-4-3-7-23(24)32-2;/h3-13,16,21H,14-15,17-19H2,1-2H3,(H2,27,29,30);1H. The van der Waals surface area contributed by atoms with Gasteiger partial charge < -0.3 is 25.0 Å². The summed E-state index contributed by atoms with van der Waals surface area (Å²) in [5.41, 5.74) is 1.15. The number of anilines is 1. The van der Waals surface area contributed by atoms with Crippen molar-refractivity contribution >= 4 is 35.8 Å². The second-order valence-electron chi connectivity index (χ2n) is 7.92. The van der Waals surface area contributed by atoms with E-state index >= 15 is 0 Å². The highest BCUT2D eigenvalue weighted by molar-refractivity contribution is 14.0. The van der Waals surface area contributed by atoms with Crippen LogP contribution >= 0.6 is 24.0 Å². The Bertz CT molecular complexity index is 1040. The van der Waals surface area contributed by atoms with Crippen LogP contribution in [-0.4, -0.2) is 44.2 Å². The van der Waals surface area contributed by atoms with Gasteiger partial charge in [-0.25, -0.2) is 4.98 Å². The van der Waals surface area contributed by atoms with Crippen LogP contribution in [-0.2, 0) is 6.54 Å². The number of guanidine groups is 1. The highest BCUT2D eigenvalue weighted by Crippen LogP contribution is 2.30. The summed E-state index contributed by atoms with van der Waals surface area (Å²) in [7, 11) is 3.45. The number of hydrogen-bond acceptors (Lipinski definition) is 5. The van der Waals surface area contributed by atoms with Crippen LogP contribution in [0.5, 0.6) is 17.2 Å². The number of piperidine rings is 1. The number of hydrogen-bond donors (Lipinski definition) is 2. The number of halogens is 1. The minimum atomic E-state index is 0. The Balaban J connectivity index is 0.00000324. The van der Waals surface area contributed by atoms with E-state index in [1.165, 1.54) is 0 Å². The van der Waals surface area contributed by atoms with Crippen molar-refractivity contribution in [3.63, 3.8) is 0 Å². The summed E-state index contributed by atoms with van der Waals surface area (Å²) in [4.78, 5) is 11.2.